The molecule has 86 valence electrons. The fourth-order valence-corrected chi connectivity index (χ4v) is 2.07. The lowest BCUT2D eigenvalue weighted by molar-refractivity contribution is 0.585. The number of aromatic nitrogens is 2. The van der Waals surface area contributed by atoms with Gasteiger partial charge in [-0.1, -0.05) is 26.0 Å². The van der Waals surface area contributed by atoms with Crippen molar-refractivity contribution in [1.29, 1.82) is 5.26 Å². The van der Waals surface area contributed by atoms with Gasteiger partial charge in [0.1, 0.15) is 0 Å². The SMILES string of the molecule is Cn1cncc1C(C)(C)c1ccc(C#N)cc1. The Balaban J connectivity index is 2.45. The molecular formula is C14H15N3. The lowest BCUT2D eigenvalue weighted by atomic mass is 9.81. The van der Waals surface area contributed by atoms with E-state index < -0.39 is 0 Å². The van der Waals surface area contributed by atoms with Crippen LogP contribution in [0.4, 0.5) is 0 Å². The van der Waals surface area contributed by atoms with Crippen LogP contribution in [0.3, 0.4) is 0 Å². The van der Waals surface area contributed by atoms with Gasteiger partial charge in [0.05, 0.1) is 18.0 Å². The molecule has 3 heteroatoms. The first kappa shape index (κ1) is 11.4. The number of rotatable bonds is 2. The highest BCUT2D eigenvalue weighted by Crippen LogP contribution is 2.30. The van der Waals surface area contributed by atoms with Crippen LogP contribution in [0.2, 0.25) is 0 Å². The topological polar surface area (TPSA) is 41.6 Å². The zero-order valence-electron chi connectivity index (χ0n) is 10.3. The standard InChI is InChI=1S/C14H15N3/c1-14(2,13-9-16-10-17(13)3)12-6-4-11(8-15)5-7-12/h4-7,9-10H,1-3H3. The van der Waals surface area contributed by atoms with Crippen LogP contribution in [0.1, 0.15) is 30.7 Å². The average molecular weight is 225 g/mol. The molecular weight excluding hydrogens is 210 g/mol. The van der Waals surface area contributed by atoms with Gasteiger partial charge in [0.15, 0.2) is 0 Å². The normalized spacial score (nSPS) is 11.2. The summed E-state index contributed by atoms with van der Waals surface area (Å²) in [6, 6.07) is 9.85. The molecule has 0 N–H and O–H groups in total. The summed E-state index contributed by atoms with van der Waals surface area (Å²) in [5, 5.41) is 8.80. The third-order valence-electron chi connectivity index (χ3n) is 3.19. The van der Waals surface area contributed by atoms with Gasteiger partial charge >= 0.3 is 0 Å². The minimum atomic E-state index is -0.112. The second kappa shape index (κ2) is 4.06. The van der Waals surface area contributed by atoms with Crippen LogP contribution in [0.15, 0.2) is 36.8 Å². The molecule has 2 rings (SSSR count). The van der Waals surface area contributed by atoms with Crippen LogP contribution in [0.5, 0.6) is 0 Å². The Hall–Kier alpha value is -2.08. The van der Waals surface area contributed by atoms with Crippen molar-refractivity contribution in [2.45, 2.75) is 19.3 Å². The van der Waals surface area contributed by atoms with Crippen LogP contribution in [0.25, 0.3) is 0 Å². The van der Waals surface area contributed by atoms with Gasteiger partial charge in [-0.15, -0.1) is 0 Å². The van der Waals surface area contributed by atoms with E-state index in [0.717, 1.165) is 5.69 Å². The molecule has 2 aromatic rings. The Morgan fingerprint density at radius 3 is 2.35 bits per heavy atom. The Labute approximate surface area is 101 Å². The van der Waals surface area contributed by atoms with E-state index in [2.05, 4.69) is 24.9 Å². The summed E-state index contributed by atoms with van der Waals surface area (Å²) in [7, 11) is 1.99. The maximum atomic E-state index is 8.80. The molecule has 1 heterocycles. The van der Waals surface area contributed by atoms with E-state index in [9.17, 15) is 0 Å². The third kappa shape index (κ3) is 1.94. The third-order valence-corrected chi connectivity index (χ3v) is 3.19. The quantitative estimate of drug-likeness (QED) is 0.788. The maximum absolute atomic E-state index is 8.80. The highest BCUT2D eigenvalue weighted by atomic mass is 15.0. The van der Waals surface area contributed by atoms with Gasteiger partial charge in [-0.25, -0.2) is 4.98 Å². The summed E-state index contributed by atoms with van der Waals surface area (Å²) < 4.78 is 2.03. The molecule has 0 radical (unpaired) electrons. The van der Waals surface area contributed by atoms with Gasteiger partial charge < -0.3 is 4.57 Å². The van der Waals surface area contributed by atoms with Crippen molar-refractivity contribution in [3.63, 3.8) is 0 Å². The van der Waals surface area contributed by atoms with Crippen molar-refractivity contribution in [1.82, 2.24) is 9.55 Å². The van der Waals surface area contributed by atoms with Crippen LogP contribution in [-0.4, -0.2) is 9.55 Å². The summed E-state index contributed by atoms with van der Waals surface area (Å²) in [5.74, 6) is 0. The molecule has 1 aromatic heterocycles. The molecule has 0 bridgehead atoms. The lowest BCUT2D eigenvalue weighted by Crippen LogP contribution is -2.22. The molecule has 0 saturated heterocycles. The molecule has 0 atom stereocenters. The number of aryl methyl sites for hydroxylation is 1. The van der Waals surface area contributed by atoms with Gasteiger partial charge in [0.2, 0.25) is 0 Å². The minimum Gasteiger partial charge on any atom is -0.337 e. The molecule has 0 aliphatic carbocycles. The molecule has 17 heavy (non-hydrogen) atoms. The van der Waals surface area contributed by atoms with Crippen LogP contribution in [0, 0.1) is 11.3 Å². The molecule has 0 unspecified atom stereocenters. The van der Waals surface area contributed by atoms with E-state index in [0.29, 0.717) is 5.56 Å². The summed E-state index contributed by atoms with van der Waals surface area (Å²) in [5.41, 5.74) is 2.91. The number of benzene rings is 1. The van der Waals surface area contributed by atoms with Crippen molar-refractivity contribution < 1.29 is 0 Å². The van der Waals surface area contributed by atoms with Crippen LogP contribution < -0.4 is 0 Å². The highest BCUT2D eigenvalue weighted by Gasteiger charge is 2.25. The van der Waals surface area contributed by atoms with Crippen molar-refractivity contribution in [2.24, 2.45) is 7.05 Å². The predicted octanol–water partition coefficient (Wildman–Crippen LogP) is 2.62. The molecule has 0 spiro atoms. The average Bonchev–Trinajstić information content (AvgIpc) is 2.76. The van der Waals surface area contributed by atoms with Crippen molar-refractivity contribution in [2.75, 3.05) is 0 Å². The first-order chi connectivity index (χ1) is 8.05. The Morgan fingerprint density at radius 1 is 1.24 bits per heavy atom. The van der Waals surface area contributed by atoms with E-state index in [-0.39, 0.29) is 5.41 Å². The minimum absolute atomic E-state index is 0.112. The number of hydrogen-bond donors (Lipinski definition) is 0. The van der Waals surface area contributed by atoms with Gasteiger partial charge in [-0.05, 0) is 17.7 Å². The Bertz CT molecular complexity index is 556. The zero-order chi connectivity index (χ0) is 12.5. The number of hydrogen-bond acceptors (Lipinski definition) is 2. The lowest BCUT2D eigenvalue weighted by Gasteiger charge is -2.25. The second-order valence-electron chi connectivity index (χ2n) is 4.70. The van der Waals surface area contributed by atoms with Crippen molar-refractivity contribution >= 4 is 0 Å². The maximum Gasteiger partial charge on any atom is 0.0991 e. The van der Waals surface area contributed by atoms with Crippen LogP contribution in [-0.2, 0) is 12.5 Å². The zero-order valence-corrected chi connectivity index (χ0v) is 10.3. The first-order valence-electron chi connectivity index (χ1n) is 5.53. The van der Waals surface area contributed by atoms with E-state index in [1.807, 2.05) is 42.1 Å². The Morgan fingerprint density at radius 2 is 1.88 bits per heavy atom. The summed E-state index contributed by atoms with van der Waals surface area (Å²) in [6.07, 6.45) is 3.69. The van der Waals surface area contributed by atoms with Gasteiger partial charge in [0.25, 0.3) is 0 Å². The molecule has 0 amide bonds. The van der Waals surface area contributed by atoms with E-state index in [4.69, 9.17) is 5.26 Å². The molecule has 0 fully saturated rings. The first-order valence-corrected chi connectivity index (χ1v) is 5.53. The second-order valence-corrected chi connectivity index (χ2v) is 4.70. The monoisotopic (exact) mass is 225 g/mol. The highest BCUT2D eigenvalue weighted by molar-refractivity contribution is 5.38. The van der Waals surface area contributed by atoms with Crippen molar-refractivity contribution in [3.05, 3.63) is 53.6 Å². The summed E-state index contributed by atoms with van der Waals surface area (Å²) in [4.78, 5) is 4.16. The molecule has 1 aromatic carbocycles. The van der Waals surface area contributed by atoms with E-state index >= 15 is 0 Å². The van der Waals surface area contributed by atoms with Crippen LogP contribution >= 0.6 is 0 Å². The van der Waals surface area contributed by atoms with Gasteiger partial charge in [-0.2, -0.15) is 5.26 Å². The van der Waals surface area contributed by atoms with Crippen molar-refractivity contribution in [3.8, 4) is 6.07 Å². The summed E-state index contributed by atoms with van der Waals surface area (Å²) >= 11 is 0. The number of imidazole rings is 1. The van der Waals surface area contributed by atoms with Gasteiger partial charge in [0, 0.05) is 24.4 Å². The number of nitrogens with zero attached hydrogens (tertiary/aromatic N) is 3. The fraction of sp³-hybridized carbons (Fsp3) is 0.286. The smallest absolute Gasteiger partial charge is 0.0991 e. The molecule has 0 aliphatic heterocycles. The molecule has 3 nitrogen and oxygen atoms in total. The molecule has 0 saturated carbocycles. The number of nitriles is 1. The predicted molar refractivity (Wildman–Crippen MR) is 66.5 cm³/mol. The van der Waals surface area contributed by atoms with E-state index in [1.54, 1.807) is 6.33 Å². The van der Waals surface area contributed by atoms with Gasteiger partial charge in [-0.3, -0.25) is 0 Å². The fourth-order valence-electron chi connectivity index (χ4n) is 2.07. The Kier molecular flexibility index (Phi) is 2.72. The summed E-state index contributed by atoms with van der Waals surface area (Å²) in [6.45, 7) is 4.32. The molecule has 0 aliphatic rings. The largest absolute Gasteiger partial charge is 0.337 e. The van der Waals surface area contributed by atoms with E-state index in [1.165, 1.54) is 5.56 Å².